The van der Waals surface area contributed by atoms with E-state index in [0.717, 1.165) is 101 Å². The predicted octanol–water partition coefficient (Wildman–Crippen LogP) is 8.36. The van der Waals surface area contributed by atoms with Gasteiger partial charge in [-0.3, -0.25) is 29.3 Å². The number of pyridine rings is 1. The number of amides is 2. The summed E-state index contributed by atoms with van der Waals surface area (Å²) < 4.78 is 6.62. The highest BCUT2D eigenvalue weighted by atomic mass is 16.5. The lowest BCUT2D eigenvalue weighted by atomic mass is 9.89. The Morgan fingerprint density at radius 1 is 0.639 bits per heavy atom. The van der Waals surface area contributed by atoms with E-state index in [2.05, 4.69) is 40.3 Å². The van der Waals surface area contributed by atoms with E-state index in [0.29, 0.717) is 13.2 Å². The Hall–Kier alpha value is -5.95. The topological polar surface area (TPSA) is 127 Å². The highest BCUT2D eigenvalue weighted by Crippen LogP contribution is 2.47. The normalized spacial score (nSPS) is 19.8. The van der Waals surface area contributed by atoms with Gasteiger partial charge in [-0.2, -0.15) is 0 Å². The van der Waals surface area contributed by atoms with Gasteiger partial charge >= 0.3 is 0 Å². The number of rotatable bonds is 11. The molecule has 3 fully saturated rings. The van der Waals surface area contributed by atoms with Crippen molar-refractivity contribution in [3.63, 3.8) is 0 Å². The Morgan fingerprint density at radius 2 is 1.20 bits per heavy atom. The molecule has 0 radical (unpaired) electrons. The number of H-pyrrole nitrogens is 2. The molecule has 2 amide bonds. The van der Waals surface area contributed by atoms with Crippen LogP contribution < -0.4 is 0 Å². The largest absolute Gasteiger partial charge is 0.353 e. The third-order valence-corrected chi connectivity index (χ3v) is 12.8. The van der Waals surface area contributed by atoms with E-state index >= 15 is 0 Å². The van der Waals surface area contributed by atoms with E-state index in [1.807, 2.05) is 133 Å². The maximum Gasteiger partial charge on any atom is 0.247 e. The average Bonchev–Trinajstić information content (AvgIpc) is 4.12. The van der Waals surface area contributed by atoms with Gasteiger partial charge < -0.3 is 19.6 Å². The quantitative estimate of drug-likeness (QED) is 0.134. The minimum Gasteiger partial charge on any atom is -0.353 e. The van der Waals surface area contributed by atoms with E-state index in [4.69, 9.17) is 19.7 Å². The monoisotopic (exact) mass is 817 g/mol. The molecule has 0 bridgehead atoms. The Kier molecular flexibility index (Phi) is 11.4. The number of ether oxygens (including phenoxy) is 1. The van der Waals surface area contributed by atoms with Crippen molar-refractivity contribution in [1.82, 2.24) is 44.5 Å². The van der Waals surface area contributed by atoms with Gasteiger partial charge in [0, 0.05) is 23.9 Å². The van der Waals surface area contributed by atoms with Gasteiger partial charge in [-0.15, -0.1) is 0 Å². The van der Waals surface area contributed by atoms with Crippen LogP contribution in [0.25, 0.3) is 33.8 Å². The van der Waals surface area contributed by atoms with Crippen LogP contribution in [0.1, 0.15) is 91.9 Å². The van der Waals surface area contributed by atoms with E-state index in [1.54, 1.807) is 0 Å². The molecule has 1 saturated carbocycles. The smallest absolute Gasteiger partial charge is 0.247 e. The summed E-state index contributed by atoms with van der Waals surface area (Å²) in [6.07, 6.45) is 12.2. The molecular weight excluding hydrogens is 763 g/mol. The van der Waals surface area contributed by atoms with Crippen molar-refractivity contribution in [1.29, 1.82) is 0 Å². The molecule has 1 aliphatic carbocycles. The van der Waals surface area contributed by atoms with Crippen LogP contribution in [0.4, 0.5) is 0 Å². The molecule has 314 valence electrons. The summed E-state index contributed by atoms with van der Waals surface area (Å²) in [7, 11) is 7.84. The Balaban J connectivity index is 0.893. The predicted molar refractivity (Wildman–Crippen MR) is 236 cm³/mol. The van der Waals surface area contributed by atoms with Gasteiger partial charge in [-0.25, -0.2) is 9.97 Å². The molecule has 2 N–H and O–H groups in total. The minimum atomic E-state index is -0.634. The van der Waals surface area contributed by atoms with Gasteiger partial charge in [-0.05, 0) is 95.5 Å². The summed E-state index contributed by atoms with van der Waals surface area (Å²) in [5.41, 5.74) is 6.82. The van der Waals surface area contributed by atoms with Crippen molar-refractivity contribution in [2.75, 3.05) is 41.3 Å². The summed E-state index contributed by atoms with van der Waals surface area (Å²) in [6.45, 7) is 1.10. The van der Waals surface area contributed by atoms with Crippen LogP contribution in [-0.2, 0) is 14.3 Å². The summed E-state index contributed by atoms with van der Waals surface area (Å²) in [6, 6.07) is 31.1. The van der Waals surface area contributed by atoms with Crippen LogP contribution in [-0.4, -0.2) is 103 Å². The molecule has 12 nitrogen and oxygen atoms in total. The van der Waals surface area contributed by atoms with E-state index in [1.165, 1.54) is 0 Å². The van der Waals surface area contributed by atoms with Crippen molar-refractivity contribution in [2.24, 2.45) is 0 Å². The fraction of sp³-hybridized carbons (Fsp3) is 0.367. The van der Waals surface area contributed by atoms with Crippen molar-refractivity contribution in [3.8, 4) is 33.8 Å². The standard InChI is InChI=1S/C49H55N9O3/c1-55(2)43(35-15-8-5-9-16-35)47(59)57-28-14-19-41(57)45-51-30-39(53-45)34-22-20-33(21-23-34)38-25-24-37(29-50-38)40-31-52-46(54-40)42-32-61-49(26-12-7-13-27-49)58(42)48(60)44(56(3)4)36-17-10-6-11-18-36/h5-6,8-11,15-18,20-25,29-31,41-44H,7,12-14,19,26-28,32H2,1-4H3,(H,51,53)(H,52,54). The Morgan fingerprint density at radius 3 is 1.79 bits per heavy atom. The van der Waals surface area contributed by atoms with Crippen LogP contribution in [0, 0.1) is 0 Å². The van der Waals surface area contributed by atoms with E-state index in [9.17, 15) is 9.59 Å². The molecule has 3 aromatic heterocycles. The van der Waals surface area contributed by atoms with Crippen LogP contribution in [0.5, 0.6) is 0 Å². The van der Waals surface area contributed by atoms with E-state index < -0.39 is 11.8 Å². The third kappa shape index (κ3) is 7.91. The lowest BCUT2D eigenvalue weighted by Gasteiger charge is -2.43. The molecule has 2 aliphatic heterocycles. The zero-order valence-corrected chi connectivity index (χ0v) is 35.5. The molecular formula is C49H55N9O3. The second-order valence-corrected chi connectivity index (χ2v) is 17.2. The molecule has 5 heterocycles. The molecule has 4 atom stereocenters. The number of hydrogen-bond donors (Lipinski definition) is 2. The van der Waals surface area contributed by atoms with Gasteiger partial charge in [0.1, 0.15) is 35.5 Å². The van der Waals surface area contributed by atoms with E-state index in [-0.39, 0.29) is 29.9 Å². The fourth-order valence-corrected chi connectivity index (χ4v) is 9.75. The molecule has 1 spiro atoms. The second-order valence-electron chi connectivity index (χ2n) is 17.2. The first-order valence-electron chi connectivity index (χ1n) is 21.6. The van der Waals surface area contributed by atoms with Crippen LogP contribution >= 0.6 is 0 Å². The number of carbonyl (C=O) groups excluding carboxylic acids is 2. The SMILES string of the molecule is CN(C)C(C(=O)N1CCCC1c1ncc(-c2ccc(-c3ccc(-c4cnc(C5COC6(CCCCC6)N5C(=O)C(c5ccccc5)N(C)C)[nH]4)cn3)cc2)[nH]1)c1ccccc1. The first-order chi connectivity index (χ1) is 29.7. The number of nitrogens with zero attached hydrogens (tertiary/aromatic N) is 7. The minimum absolute atomic E-state index is 0.0355. The number of aromatic amines is 2. The van der Waals surface area contributed by atoms with Gasteiger partial charge in [0.25, 0.3) is 0 Å². The summed E-state index contributed by atoms with van der Waals surface area (Å²) >= 11 is 0. The van der Waals surface area contributed by atoms with Gasteiger partial charge in [0.05, 0.1) is 42.1 Å². The maximum absolute atomic E-state index is 14.7. The first-order valence-corrected chi connectivity index (χ1v) is 21.6. The van der Waals surface area contributed by atoms with Gasteiger partial charge in [-0.1, -0.05) is 91.3 Å². The van der Waals surface area contributed by atoms with Crippen LogP contribution in [0.3, 0.4) is 0 Å². The summed E-state index contributed by atoms with van der Waals surface area (Å²) in [5, 5.41) is 0. The highest BCUT2D eigenvalue weighted by molar-refractivity contribution is 5.85. The Bertz CT molecular complexity index is 2420. The van der Waals surface area contributed by atoms with Crippen molar-refractivity contribution >= 4 is 11.8 Å². The molecule has 3 aliphatic rings. The van der Waals surface area contributed by atoms with Crippen LogP contribution in [0.15, 0.2) is 116 Å². The molecule has 2 saturated heterocycles. The molecule has 3 aromatic carbocycles. The molecule has 4 unspecified atom stereocenters. The number of imidazole rings is 2. The second kappa shape index (κ2) is 17.2. The zero-order valence-electron chi connectivity index (χ0n) is 35.5. The van der Waals surface area contributed by atoms with Crippen molar-refractivity contribution in [2.45, 2.75) is 74.8 Å². The first kappa shape index (κ1) is 40.5. The van der Waals surface area contributed by atoms with Crippen LogP contribution in [0.2, 0.25) is 0 Å². The summed E-state index contributed by atoms with van der Waals surface area (Å²) in [4.78, 5) is 58.2. The number of likely N-dealkylation sites (N-methyl/N-ethyl adjacent to an activating group) is 2. The molecule has 9 rings (SSSR count). The zero-order chi connectivity index (χ0) is 42.1. The van der Waals surface area contributed by atoms with Crippen molar-refractivity contribution in [3.05, 3.63) is 138 Å². The van der Waals surface area contributed by atoms with Gasteiger partial charge in [0.2, 0.25) is 11.8 Å². The number of carbonyl (C=O) groups is 2. The van der Waals surface area contributed by atoms with Gasteiger partial charge in [0.15, 0.2) is 0 Å². The molecule has 61 heavy (non-hydrogen) atoms. The number of benzene rings is 3. The maximum atomic E-state index is 14.7. The number of hydrogen-bond acceptors (Lipinski definition) is 8. The fourth-order valence-electron chi connectivity index (χ4n) is 9.75. The molecule has 12 heteroatoms. The lowest BCUT2D eigenvalue weighted by molar-refractivity contribution is -0.162. The molecule has 6 aromatic rings. The number of likely N-dealkylation sites (tertiary alicyclic amines) is 1. The number of aromatic nitrogens is 5. The average molecular weight is 818 g/mol. The summed E-state index contributed by atoms with van der Waals surface area (Å²) in [5.74, 6) is 1.66. The number of nitrogens with one attached hydrogen (secondary N) is 2. The Labute approximate surface area is 358 Å². The lowest BCUT2D eigenvalue weighted by Crippen LogP contribution is -2.53. The third-order valence-electron chi connectivity index (χ3n) is 12.8. The highest BCUT2D eigenvalue weighted by Gasteiger charge is 2.53. The van der Waals surface area contributed by atoms with Crippen molar-refractivity contribution < 1.29 is 14.3 Å².